The average Bonchev–Trinajstić information content (AvgIpc) is 3.01. The van der Waals surface area contributed by atoms with E-state index in [9.17, 15) is 25.6 Å². The molecule has 154 valence electrons. The summed E-state index contributed by atoms with van der Waals surface area (Å²) in [5.74, 6) is 0. The van der Waals surface area contributed by atoms with E-state index in [1.165, 1.54) is 12.1 Å². The van der Waals surface area contributed by atoms with Gasteiger partial charge in [0.05, 0.1) is 4.90 Å². The number of rotatable bonds is 5. The summed E-state index contributed by atoms with van der Waals surface area (Å²) >= 11 is 0. The molecule has 0 amide bonds. The Morgan fingerprint density at radius 1 is 1.18 bits per heavy atom. The Kier molecular flexibility index (Phi) is 5.37. The predicted molar refractivity (Wildman–Crippen MR) is 99.0 cm³/mol. The van der Waals surface area contributed by atoms with E-state index in [1.807, 2.05) is 0 Å². The van der Waals surface area contributed by atoms with Crippen molar-refractivity contribution < 1.29 is 30.4 Å². The van der Waals surface area contributed by atoms with Crippen molar-refractivity contribution in [2.24, 2.45) is 0 Å². The molecule has 0 fully saturated rings. The minimum Gasteiger partial charge on any atom is -0.372 e. The fraction of sp³-hybridized carbons (Fsp3) is 0.412. The van der Waals surface area contributed by atoms with Gasteiger partial charge in [-0.1, -0.05) is 17.7 Å². The van der Waals surface area contributed by atoms with Crippen molar-refractivity contribution in [3.8, 4) is 0 Å². The summed E-state index contributed by atoms with van der Waals surface area (Å²) in [4.78, 5) is -0.487. The van der Waals surface area contributed by atoms with Crippen LogP contribution in [0.2, 0.25) is 0 Å². The van der Waals surface area contributed by atoms with Gasteiger partial charge in [0.15, 0.2) is 0 Å². The van der Waals surface area contributed by atoms with Crippen molar-refractivity contribution in [1.29, 1.82) is 0 Å². The number of hydrogen-bond acceptors (Lipinski definition) is 5. The third-order valence-corrected chi connectivity index (χ3v) is 8.14. The van der Waals surface area contributed by atoms with Crippen LogP contribution >= 0.6 is 10.7 Å². The van der Waals surface area contributed by atoms with Gasteiger partial charge in [0.1, 0.15) is 10.5 Å². The molecule has 1 aliphatic rings. The first-order valence-corrected chi connectivity index (χ1v) is 12.0. The van der Waals surface area contributed by atoms with Crippen LogP contribution in [0.3, 0.4) is 0 Å². The minimum atomic E-state index is -4.28. The number of aryl methyl sites for hydroxylation is 1. The van der Waals surface area contributed by atoms with Crippen molar-refractivity contribution in [2.75, 3.05) is 7.11 Å². The molecule has 0 unspecified atom stereocenters. The van der Waals surface area contributed by atoms with E-state index < -0.39 is 37.5 Å². The molecule has 1 aromatic carbocycles. The van der Waals surface area contributed by atoms with Crippen molar-refractivity contribution in [3.05, 3.63) is 47.3 Å². The zero-order valence-corrected chi connectivity index (χ0v) is 17.4. The Morgan fingerprint density at radius 2 is 1.79 bits per heavy atom. The molecular formula is C17H18ClF2NO5S2. The lowest BCUT2D eigenvalue weighted by molar-refractivity contribution is -0.128. The van der Waals surface area contributed by atoms with Crippen molar-refractivity contribution in [3.63, 3.8) is 0 Å². The Morgan fingerprint density at radius 3 is 2.29 bits per heavy atom. The van der Waals surface area contributed by atoms with E-state index in [0.717, 1.165) is 22.8 Å². The standard InChI is InChI=1S/C17H18ClF2NO5S2/c1-11-3-5-12(6-4-11)28(24,25)21-10-15(27(18,22)23)13-7-8-17(26-2,16(19)20)9-14(13)21/h3-6,10,16H,7-9H2,1-2H3/t17-/m1/s1. The fourth-order valence-electron chi connectivity index (χ4n) is 3.40. The van der Waals surface area contributed by atoms with Crippen LogP contribution in [0.4, 0.5) is 8.78 Å². The van der Waals surface area contributed by atoms with E-state index in [2.05, 4.69) is 0 Å². The first-order chi connectivity index (χ1) is 12.9. The lowest BCUT2D eigenvalue weighted by Crippen LogP contribution is -2.45. The SMILES string of the molecule is CO[C@]1(C(F)F)CCc2c(S(=O)(=O)Cl)cn(S(=O)(=O)c3ccc(C)cc3)c2C1. The highest BCUT2D eigenvalue weighted by atomic mass is 35.7. The van der Waals surface area contributed by atoms with Crippen LogP contribution in [0.25, 0.3) is 0 Å². The Balaban J connectivity index is 2.26. The highest BCUT2D eigenvalue weighted by Gasteiger charge is 2.46. The number of fused-ring (bicyclic) bond motifs is 1. The number of methoxy groups -OCH3 is 1. The summed E-state index contributed by atoms with van der Waals surface area (Å²) in [6.45, 7) is 1.78. The minimum absolute atomic E-state index is 0.0619. The van der Waals surface area contributed by atoms with Gasteiger partial charge in [0.25, 0.3) is 25.5 Å². The number of benzene rings is 1. The molecule has 0 radical (unpaired) electrons. The number of halogens is 3. The summed E-state index contributed by atoms with van der Waals surface area (Å²) in [6.07, 6.45) is -2.73. The fourth-order valence-corrected chi connectivity index (χ4v) is 6.02. The quantitative estimate of drug-likeness (QED) is 0.650. The second kappa shape index (κ2) is 7.08. The molecule has 6 nitrogen and oxygen atoms in total. The van der Waals surface area contributed by atoms with E-state index >= 15 is 0 Å². The van der Waals surface area contributed by atoms with Crippen LogP contribution in [0.1, 0.15) is 23.2 Å². The smallest absolute Gasteiger partial charge is 0.267 e. The van der Waals surface area contributed by atoms with E-state index in [4.69, 9.17) is 15.4 Å². The lowest BCUT2D eigenvalue weighted by atomic mass is 9.84. The Hall–Kier alpha value is -1.49. The summed E-state index contributed by atoms with van der Waals surface area (Å²) < 4.78 is 83.3. The predicted octanol–water partition coefficient (Wildman–Crippen LogP) is 3.10. The monoisotopic (exact) mass is 453 g/mol. The third kappa shape index (κ3) is 3.47. The van der Waals surface area contributed by atoms with Gasteiger partial charge in [-0.2, -0.15) is 0 Å². The number of aromatic nitrogens is 1. The van der Waals surface area contributed by atoms with Crippen LogP contribution in [-0.4, -0.2) is 39.9 Å². The van der Waals surface area contributed by atoms with Gasteiger partial charge in [-0.15, -0.1) is 0 Å². The highest BCUT2D eigenvalue weighted by Crippen LogP contribution is 2.41. The van der Waals surface area contributed by atoms with E-state index in [1.54, 1.807) is 19.1 Å². The van der Waals surface area contributed by atoms with Gasteiger partial charge >= 0.3 is 0 Å². The molecule has 1 aliphatic carbocycles. The molecule has 0 spiro atoms. The topological polar surface area (TPSA) is 82.4 Å². The maximum atomic E-state index is 13.7. The number of hydrogen-bond donors (Lipinski definition) is 0. The molecule has 3 rings (SSSR count). The largest absolute Gasteiger partial charge is 0.372 e. The summed E-state index contributed by atoms with van der Waals surface area (Å²) in [5, 5.41) is 0. The van der Waals surface area contributed by atoms with Gasteiger partial charge < -0.3 is 4.74 Å². The molecule has 28 heavy (non-hydrogen) atoms. The number of ether oxygens (including phenoxy) is 1. The van der Waals surface area contributed by atoms with Gasteiger partial charge in [-0.05, 0) is 37.5 Å². The van der Waals surface area contributed by atoms with Crippen LogP contribution < -0.4 is 0 Å². The summed E-state index contributed by atoms with van der Waals surface area (Å²) in [6, 6.07) is 5.90. The molecule has 0 N–H and O–H groups in total. The molecule has 1 heterocycles. The summed E-state index contributed by atoms with van der Waals surface area (Å²) in [5.41, 5.74) is -1.01. The lowest BCUT2D eigenvalue weighted by Gasteiger charge is -2.35. The molecule has 0 saturated heterocycles. The Bertz CT molecular complexity index is 1110. The van der Waals surface area contributed by atoms with Gasteiger partial charge in [-0.25, -0.2) is 29.6 Å². The first-order valence-electron chi connectivity index (χ1n) is 8.26. The molecule has 0 bridgehead atoms. The number of alkyl halides is 2. The van der Waals surface area contributed by atoms with Crippen LogP contribution in [-0.2, 0) is 36.7 Å². The van der Waals surface area contributed by atoms with Crippen molar-refractivity contribution >= 4 is 29.8 Å². The van der Waals surface area contributed by atoms with Crippen LogP contribution in [0.15, 0.2) is 40.3 Å². The number of nitrogens with zero attached hydrogens (tertiary/aromatic N) is 1. The zero-order chi connectivity index (χ0) is 20.9. The van der Waals surface area contributed by atoms with E-state index in [-0.39, 0.29) is 33.9 Å². The van der Waals surface area contributed by atoms with Gasteiger partial charge in [0.2, 0.25) is 0 Å². The third-order valence-electron chi connectivity index (χ3n) is 5.06. The Labute approximate surface area is 166 Å². The molecule has 0 saturated carbocycles. The summed E-state index contributed by atoms with van der Waals surface area (Å²) in [7, 11) is -1.90. The molecule has 2 aromatic rings. The van der Waals surface area contributed by atoms with Gasteiger partial charge in [0, 0.05) is 36.1 Å². The second-order valence-electron chi connectivity index (χ2n) is 6.72. The van der Waals surface area contributed by atoms with E-state index in [0.29, 0.717) is 0 Å². The maximum absolute atomic E-state index is 13.7. The van der Waals surface area contributed by atoms with Gasteiger partial charge in [-0.3, -0.25) is 0 Å². The first kappa shape index (κ1) is 21.2. The zero-order valence-electron chi connectivity index (χ0n) is 15.0. The average molecular weight is 454 g/mol. The molecule has 0 aliphatic heterocycles. The second-order valence-corrected chi connectivity index (χ2v) is 11.1. The molecule has 11 heteroatoms. The highest BCUT2D eigenvalue weighted by molar-refractivity contribution is 8.13. The van der Waals surface area contributed by atoms with Crippen molar-refractivity contribution in [2.45, 2.75) is 48.0 Å². The van der Waals surface area contributed by atoms with Crippen LogP contribution in [0, 0.1) is 6.92 Å². The molecule has 1 aromatic heterocycles. The van der Waals surface area contributed by atoms with Crippen LogP contribution in [0.5, 0.6) is 0 Å². The van der Waals surface area contributed by atoms with Crippen molar-refractivity contribution in [1.82, 2.24) is 3.97 Å². The molecule has 1 atom stereocenters. The molecular weight excluding hydrogens is 436 g/mol. The normalized spacial score (nSPS) is 20.4. The maximum Gasteiger partial charge on any atom is 0.267 e.